The summed E-state index contributed by atoms with van der Waals surface area (Å²) < 4.78 is 4.92. The van der Waals surface area contributed by atoms with E-state index in [0.717, 1.165) is 12.0 Å². The third kappa shape index (κ3) is 5.90. The van der Waals surface area contributed by atoms with Gasteiger partial charge in [-0.2, -0.15) is 0 Å². The number of benzene rings is 2. The van der Waals surface area contributed by atoms with Crippen LogP contribution in [0.25, 0.3) is 0 Å². The second kappa shape index (κ2) is 9.64. The summed E-state index contributed by atoms with van der Waals surface area (Å²) in [5, 5.41) is 13.7. The highest BCUT2D eigenvalue weighted by Gasteiger charge is 2.21. The molecule has 2 aromatic rings. The highest BCUT2D eigenvalue weighted by atomic mass is 16.6. The molecule has 1 N–H and O–H groups in total. The van der Waals surface area contributed by atoms with Crippen molar-refractivity contribution in [3.8, 4) is 0 Å². The number of rotatable bonds is 8. The number of nitro groups is 1. The van der Waals surface area contributed by atoms with Crippen LogP contribution in [0, 0.1) is 16.0 Å². The maximum atomic E-state index is 12.1. The number of amides is 1. The number of nitrogens with zero attached hydrogens (tertiary/aromatic N) is 1. The molecule has 0 aliphatic heterocycles. The Morgan fingerprint density at radius 1 is 1.07 bits per heavy atom. The monoisotopic (exact) mass is 384 g/mol. The molecular formula is C21H24N2O5. The minimum atomic E-state index is -0.909. The summed E-state index contributed by atoms with van der Waals surface area (Å²) >= 11 is 0. The van der Waals surface area contributed by atoms with E-state index >= 15 is 0 Å². The van der Waals surface area contributed by atoms with E-state index in [1.165, 1.54) is 29.8 Å². The van der Waals surface area contributed by atoms with Crippen LogP contribution in [0.5, 0.6) is 0 Å². The number of nitro benzene ring substituents is 1. The van der Waals surface area contributed by atoms with E-state index in [9.17, 15) is 19.7 Å². The lowest BCUT2D eigenvalue weighted by Gasteiger charge is -2.15. The van der Waals surface area contributed by atoms with Gasteiger partial charge in [0, 0.05) is 6.07 Å². The average Bonchev–Trinajstić information content (AvgIpc) is 2.66. The van der Waals surface area contributed by atoms with Crippen molar-refractivity contribution in [3.63, 3.8) is 0 Å². The molecule has 0 heterocycles. The molecule has 0 saturated carbocycles. The third-order valence-electron chi connectivity index (χ3n) is 4.16. The summed E-state index contributed by atoms with van der Waals surface area (Å²) in [5.74, 6) is -0.822. The first-order chi connectivity index (χ1) is 13.3. The zero-order chi connectivity index (χ0) is 20.7. The fourth-order valence-electron chi connectivity index (χ4n) is 2.79. The first-order valence-electron chi connectivity index (χ1n) is 9.06. The molecule has 148 valence electrons. The zero-order valence-corrected chi connectivity index (χ0v) is 16.2. The third-order valence-corrected chi connectivity index (χ3v) is 4.16. The van der Waals surface area contributed by atoms with Gasteiger partial charge in [-0.1, -0.05) is 50.2 Å². The van der Waals surface area contributed by atoms with Gasteiger partial charge in [0.05, 0.1) is 11.0 Å². The lowest BCUT2D eigenvalue weighted by atomic mass is 10.00. The summed E-state index contributed by atoms with van der Waals surface area (Å²) in [4.78, 5) is 34.4. The normalized spacial score (nSPS) is 11.7. The Morgan fingerprint density at radius 2 is 1.71 bits per heavy atom. The molecule has 0 aromatic heterocycles. The summed E-state index contributed by atoms with van der Waals surface area (Å²) in [6.45, 7) is 5.63. The first-order valence-corrected chi connectivity index (χ1v) is 9.06. The standard InChI is InChI=1S/C21H24N2O5/c1-14(2)12-16-8-10-17(11-9-16)15(3)22-20(24)13-28-21(25)18-6-4-5-7-19(18)23(26)27/h4-11,14-15H,12-13H2,1-3H3,(H,22,24)/t15-/m0/s1. The number of hydrogen-bond acceptors (Lipinski definition) is 5. The van der Waals surface area contributed by atoms with Gasteiger partial charge in [-0.25, -0.2) is 4.79 Å². The van der Waals surface area contributed by atoms with Crippen molar-refractivity contribution in [1.29, 1.82) is 0 Å². The van der Waals surface area contributed by atoms with Crippen molar-refractivity contribution in [2.75, 3.05) is 6.61 Å². The summed E-state index contributed by atoms with van der Waals surface area (Å²) in [6.07, 6.45) is 0.989. The van der Waals surface area contributed by atoms with Crippen LogP contribution in [0.15, 0.2) is 48.5 Å². The minimum absolute atomic E-state index is 0.186. The lowest BCUT2D eigenvalue weighted by molar-refractivity contribution is -0.385. The SMILES string of the molecule is CC(C)Cc1ccc([C@H](C)NC(=O)COC(=O)c2ccccc2[N+](=O)[O-])cc1. The summed E-state index contributed by atoms with van der Waals surface area (Å²) in [7, 11) is 0. The minimum Gasteiger partial charge on any atom is -0.452 e. The number of carbonyl (C=O) groups excluding carboxylic acids is 2. The molecule has 28 heavy (non-hydrogen) atoms. The molecule has 0 aliphatic rings. The maximum Gasteiger partial charge on any atom is 0.345 e. The maximum absolute atomic E-state index is 12.1. The predicted molar refractivity (Wildman–Crippen MR) is 105 cm³/mol. The van der Waals surface area contributed by atoms with Gasteiger partial charge in [-0.05, 0) is 36.5 Å². The zero-order valence-electron chi connectivity index (χ0n) is 16.2. The molecule has 7 nitrogen and oxygen atoms in total. The van der Waals surface area contributed by atoms with Crippen molar-refractivity contribution in [2.45, 2.75) is 33.2 Å². The Kier molecular flexibility index (Phi) is 7.26. The Balaban J connectivity index is 1.90. The highest BCUT2D eigenvalue weighted by Crippen LogP contribution is 2.19. The van der Waals surface area contributed by atoms with Crippen LogP contribution in [0.3, 0.4) is 0 Å². The van der Waals surface area contributed by atoms with Crippen LogP contribution in [-0.2, 0) is 16.0 Å². The average molecular weight is 384 g/mol. The van der Waals surface area contributed by atoms with E-state index in [2.05, 4.69) is 19.2 Å². The van der Waals surface area contributed by atoms with Crippen molar-refractivity contribution in [1.82, 2.24) is 5.32 Å². The topological polar surface area (TPSA) is 98.5 Å². The van der Waals surface area contributed by atoms with Gasteiger partial charge < -0.3 is 10.1 Å². The smallest absolute Gasteiger partial charge is 0.345 e. The molecule has 0 unspecified atom stereocenters. The van der Waals surface area contributed by atoms with Crippen molar-refractivity contribution >= 4 is 17.6 Å². The van der Waals surface area contributed by atoms with Gasteiger partial charge in [0.1, 0.15) is 5.56 Å². The van der Waals surface area contributed by atoms with Crippen molar-refractivity contribution < 1.29 is 19.2 Å². The molecule has 7 heteroatoms. The predicted octanol–water partition coefficient (Wildman–Crippen LogP) is 3.83. The van der Waals surface area contributed by atoms with Gasteiger partial charge in [0.2, 0.25) is 0 Å². The van der Waals surface area contributed by atoms with Gasteiger partial charge >= 0.3 is 5.97 Å². The van der Waals surface area contributed by atoms with E-state index < -0.39 is 23.4 Å². The van der Waals surface area contributed by atoms with Crippen LogP contribution in [0.2, 0.25) is 0 Å². The van der Waals surface area contributed by atoms with E-state index in [-0.39, 0.29) is 17.3 Å². The molecule has 0 radical (unpaired) electrons. The van der Waals surface area contributed by atoms with Crippen molar-refractivity contribution in [3.05, 3.63) is 75.3 Å². The van der Waals surface area contributed by atoms with Gasteiger partial charge in [0.25, 0.3) is 11.6 Å². The van der Waals surface area contributed by atoms with Crippen LogP contribution in [0.1, 0.15) is 48.3 Å². The molecule has 0 aliphatic carbocycles. The first kappa shape index (κ1) is 21.1. The van der Waals surface area contributed by atoms with Crippen LogP contribution in [-0.4, -0.2) is 23.4 Å². The Hall–Kier alpha value is -3.22. The van der Waals surface area contributed by atoms with E-state index in [1.807, 2.05) is 31.2 Å². The molecule has 0 saturated heterocycles. The number of ether oxygens (including phenoxy) is 1. The number of hydrogen-bond donors (Lipinski definition) is 1. The second-order valence-corrected chi connectivity index (χ2v) is 6.98. The number of carbonyl (C=O) groups is 2. The molecule has 2 rings (SSSR count). The molecule has 0 bridgehead atoms. The van der Waals surface area contributed by atoms with Crippen LogP contribution < -0.4 is 5.32 Å². The highest BCUT2D eigenvalue weighted by molar-refractivity contribution is 5.95. The summed E-state index contributed by atoms with van der Waals surface area (Å²) in [5.41, 5.74) is 1.62. The second-order valence-electron chi connectivity index (χ2n) is 6.98. The largest absolute Gasteiger partial charge is 0.452 e. The number of para-hydroxylation sites is 1. The van der Waals surface area contributed by atoms with Gasteiger partial charge in [-0.15, -0.1) is 0 Å². The molecule has 1 atom stereocenters. The van der Waals surface area contributed by atoms with E-state index in [4.69, 9.17) is 4.74 Å². The number of esters is 1. The quantitative estimate of drug-likeness (QED) is 0.424. The van der Waals surface area contributed by atoms with Crippen molar-refractivity contribution in [2.24, 2.45) is 5.92 Å². The fourth-order valence-corrected chi connectivity index (χ4v) is 2.79. The Bertz CT molecular complexity index is 846. The Labute approximate surface area is 163 Å². The molecule has 0 fully saturated rings. The Morgan fingerprint density at radius 3 is 2.32 bits per heavy atom. The van der Waals surface area contributed by atoms with E-state index in [1.54, 1.807) is 0 Å². The fraction of sp³-hybridized carbons (Fsp3) is 0.333. The van der Waals surface area contributed by atoms with Crippen LogP contribution >= 0.6 is 0 Å². The molecular weight excluding hydrogens is 360 g/mol. The molecule has 1 amide bonds. The van der Waals surface area contributed by atoms with Crippen LogP contribution in [0.4, 0.5) is 5.69 Å². The lowest BCUT2D eigenvalue weighted by Crippen LogP contribution is -2.31. The summed E-state index contributed by atoms with van der Waals surface area (Å²) in [6, 6.07) is 13.2. The molecule has 0 spiro atoms. The molecule has 2 aromatic carbocycles. The van der Waals surface area contributed by atoms with E-state index in [0.29, 0.717) is 5.92 Å². The number of nitrogens with one attached hydrogen (secondary N) is 1. The van der Waals surface area contributed by atoms with Gasteiger partial charge in [-0.3, -0.25) is 14.9 Å². The van der Waals surface area contributed by atoms with Gasteiger partial charge in [0.15, 0.2) is 6.61 Å².